The van der Waals surface area contributed by atoms with Crippen molar-refractivity contribution in [1.82, 2.24) is 9.55 Å². The molecule has 23 heavy (non-hydrogen) atoms. The van der Waals surface area contributed by atoms with Crippen LogP contribution in [0, 0.1) is 5.82 Å². The van der Waals surface area contributed by atoms with Gasteiger partial charge in [-0.1, -0.05) is 0 Å². The molecule has 0 atom stereocenters. The van der Waals surface area contributed by atoms with Gasteiger partial charge in [0.25, 0.3) is 5.56 Å². The Morgan fingerprint density at radius 1 is 1.43 bits per heavy atom. The van der Waals surface area contributed by atoms with Crippen molar-refractivity contribution in [2.45, 2.75) is 13.5 Å². The van der Waals surface area contributed by atoms with E-state index in [0.717, 1.165) is 4.57 Å². The van der Waals surface area contributed by atoms with E-state index >= 15 is 0 Å². The summed E-state index contributed by atoms with van der Waals surface area (Å²) in [6.45, 7) is 1.64. The number of phenolic OH excluding ortho intramolecular Hbond substituents is 1. The Labute approximate surface area is 129 Å². The van der Waals surface area contributed by atoms with Crippen LogP contribution in [0.2, 0.25) is 0 Å². The zero-order valence-electron chi connectivity index (χ0n) is 12.1. The van der Waals surface area contributed by atoms with Crippen molar-refractivity contribution in [3.05, 3.63) is 51.1 Å². The number of aromatic hydroxyl groups is 1. The Bertz CT molecular complexity index is 843. The standard InChI is InChI=1S/C14H14FN3O5/c1-2-23-11-4-3-8(5-10(11)19)16-12(20)7-18-6-9(15)13(21)17-14(18)22/h3-6,19H,2,7H2,1H3,(H,16,20)(H,17,21,22). The number of H-pyrrole nitrogens is 1. The van der Waals surface area contributed by atoms with Gasteiger partial charge in [0.1, 0.15) is 6.54 Å². The highest BCUT2D eigenvalue weighted by Gasteiger charge is 2.10. The maximum atomic E-state index is 13.1. The van der Waals surface area contributed by atoms with E-state index in [1.54, 1.807) is 11.9 Å². The van der Waals surface area contributed by atoms with Crippen molar-refractivity contribution >= 4 is 11.6 Å². The molecule has 3 N–H and O–H groups in total. The molecular weight excluding hydrogens is 309 g/mol. The van der Waals surface area contributed by atoms with E-state index in [9.17, 15) is 23.9 Å². The van der Waals surface area contributed by atoms with Crippen LogP contribution in [0.25, 0.3) is 0 Å². The zero-order valence-corrected chi connectivity index (χ0v) is 12.1. The van der Waals surface area contributed by atoms with Gasteiger partial charge in [0, 0.05) is 11.8 Å². The van der Waals surface area contributed by atoms with Gasteiger partial charge in [0.05, 0.1) is 12.8 Å². The number of amides is 1. The van der Waals surface area contributed by atoms with Gasteiger partial charge in [0.15, 0.2) is 11.5 Å². The molecule has 1 heterocycles. The molecule has 0 saturated carbocycles. The maximum Gasteiger partial charge on any atom is 0.328 e. The molecule has 0 spiro atoms. The van der Waals surface area contributed by atoms with Gasteiger partial charge in [-0.15, -0.1) is 0 Å². The van der Waals surface area contributed by atoms with Gasteiger partial charge in [-0.05, 0) is 19.1 Å². The van der Waals surface area contributed by atoms with Crippen LogP contribution in [-0.2, 0) is 11.3 Å². The number of carbonyl (C=O) groups is 1. The average Bonchev–Trinajstić information content (AvgIpc) is 2.47. The lowest BCUT2D eigenvalue weighted by atomic mass is 10.2. The van der Waals surface area contributed by atoms with Crippen molar-refractivity contribution in [3.8, 4) is 11.5 Å². The van der Waals surface area contributed by atoms with Crippen LogP contribution in [-0.4, -0.2) is 27.2 Å². The maximum absolute atomic E-state index is 13.1. The second-order valence-corrected chi connectivity index (χ2v) is 4.53. The highest BCUT2D eigenvalue weighted by atomic mass is 19.1. The molecule has 1 aromatic carbocycles. The molecule has 1 amide bonds. The van der Waals surface area contributed by atoms with E-state index in [4.69, 9.17) is 4.74 Å². The minimum atomic E-state index is -1.17. The fourth-order valence-electron chi connectivity index (χ4n) is 1.83. The number of hydrogen-bond acceptors (Lipinski definition) is 5. The summed E-state index contributed by atoms with van der Waals surface area (Å²) in [6.07, 6.45) is 0.649. The molecule has 122 valence electrons. The summed E-state index contributed by atoms with van der Waals surface area (Å²) < 4.78 is 19.0. The number of phenols is 1. The molecule has 9 heteroatoms. The van der Waals surface area contributed by atoms with E-state index in [2.05, 4.69) is 5.32 Å². The monoisotopic (exact) mass is 323 g/mol. The number of carbonyl (C=O) groups excluding carboxylic acids is 1. The van der Waals surface area contributed by atoms with E-state index in [1.165, 1.54) is 18.2 Å². The number of nitrogens with one attached hydrogen (secondary N) is 2. The Morgan fingerprint density at radius 3 is 2.83 bits per heavy atom. The number of benzene rings is 1. The molecule has 0 fully saturated rings. The van der Waals surface area contributed by atoms with Gasteiger partial charge >= 0.3 is 5.69 Å². The van der Waals surface area contributed by atoms with Gasteiger partial charge in [0.2, 0.25) is 11.7 Å². The third-order valence-corrected chi connectivity index (χ3v) is 2.82. The second-order valence-electron chi connectivity index (χ2n) is 4.53. The van der Waals surface area contributed by atoms with Crippen molar-refractivity contribution < 1.29 is 19.0 Å². The SMILES string of the molecule is CCOc1ccc(NC(=O)Cn2cc(F)c(=O)[nH]c2=O)cc1O. The fraction of sp³-hybridized carbons (Fsp3) is 0.214. The summed E-state index contributed by atoms with van der Waals surface area (Å²) in [4.78, 5) is 36.0. The molecule has 8 nitrogen and oxygen atoms in total. The van der Waals surface area contributed by atoms with Crippen LogP contribution in [0.1, 0.15) is 6.92 Å². The van der Waals surface area contributed by atoms with Crippen LogP contribution >= 0.6 is 0 Å². The highest BCUT2D eigenvalue weighted by molar-refractivity contribution is 5.90. The minimum Gasteiger partial charge on any atom is -0.504 e. The quantitative estimate of drug-likeness (QED) is 0.738. The van der Waals surface area contributed by atoms with Crippen molar-refractivity contribution in [1.29, 1.82) is 0 Å². The smallest absolute Gasteiger partial charge is 0.328 e. The van der Waals surface area contributed by atoms with Crippen molar-refractivity contribution in [2.24, 2.45) is 0 Å². The van der Waals surface area contributed by atoms with Crippen LogP contribution in [0.3, 0.4) is 0 Å². The van der Waals surface area contributed by atoms with Crippen LogP contribution in [0.15, 0.2) is 34.0 Å². The average molecular weight is 323 g/mol. The van der Waals surface area contributed by atoms with Crippen LogP contribution in [0.4, 0.5) is 10.1 Å². The van der Waals surface area contributed by atoms with E-state index < -0.39 is 29.5 Å². The van der Waals surface area contributed by atoms with E-state index in [-0.39, 0.29) is 17.2 Å². The number of anilines is 1. The summed E-state index contributed by atoms with van der Waals surface area (Å²) in [6, 6.07) is 4.25. The normalized spacial score (nSPS) is 10.3. The molecule has 0 saturated heterocycles. The lowest BCUT2D eigenvalue weighted by molar-refractivity contribution is -0.116. The van der Waals surface area contributed by atoms with E-state index in [1.807, 2.05) is 0 Å². The molecule has 0 aliphatic rings. The highest BCUT2D eigenvalue weighted by Crippen LogP contribution is 2.28. The second kappa shape index (κ2) is 6.77. The molecule has 0 radical (unpaired) electrons. The number of hydrogen-bond donors (Lipinski definition) is 3. The van der Waals surface area contributed by atoms with Gasteiger partial charge < -0.3 is 15.2 Å². The van der Waals surface area contributed by atoms with Crippen LogP contribution in [0.5, 0.6) is 11.5 Å². The summed E-state index contributed by atoms with van der Waals surface area (Å²) in [7, 11) is 0. The third kappa shape index (κ3) is 3.96. The number of halogens is 1. The first-order valence-corrected chi connectivity index (χ1v) is 6.65. The topological polar surface area (TPSA) is 113 Å². The first kappa shape index (κ1) is 16.3. The largest absolute Gasteiger partial charge is 0.504 e. The minimum absolute atomic E-state index is 0.156. The molecule has 0 unspecified atom stereocenters. The van der Waals surface area contributed by atoms with Gasteiger partial charge in [-0.25, -0.2) is 4.79 Å². The number of aromatic nitrogens is 2. The predicted octanol–water partition coefficient (Wildman–Crippen LogP) is 0.419. The predicted molar refractivity (Wildman–Crippen MR) is 79.2 cm³/mol. The fourth-order valence-corrected chi connectivity index (χ4v) is 1.83. The molecule has 0 aliphatic carbocycles. The Kier molecular flexibility index (Phi) is 4.79. The molecular formula is C14H14FN3O5. The molecule has 0 bridgehead atoms. The first-order chi connectivity index (χ1) is 10.9. The van der Waals surface area contributed by atoms with Gasteiger partial charge in [-0.2, -0.15) is 4.39 Å². The number of rotatable bonds is 5. The van der Waals surface area contributed by atoms with E-state index in [0.29, 0.717) is 12.8 Å². The number of ether oxygens (including phenoxy) is 1. The summed E-state index contributed by atoms with van der Waals surface area (Å²) >= 11 is 0. The Morgan fingerprint density at radius 2 is 2.17 bits per heavy atom. The van der Waals surface area contributed by atoms with Crippen molar-refractivity contribution in [3.63, 3.8) is 0 Å². The van der Waals surface area contributed by atoms with Gasteiger partial charge in [-0.3, -0.25) is 19.1 Å². The number of aromatic amines is 1. The van der Waals surface area contributed by atoms with Crippen LogP contribution < -0.4 is 21.3 Å². The summed E-state index contributed by atoms with van der Waals surface area (Å²) in [5, 5.41) is 12.1. The van der Waals surface area contributed by atoms with Crippen molar-refractivity contribution in [2.75, 3.05) is 11.9 Å². The molecule has 1 aromatic heterocycles. The molecule has 2 rings (SSSR count). The lowest BCUT2D eigenvalue weighted by Gasteiger charge is -2.10. The molecule has 0 aliphatic heterocycles. The summed E-state index contributed by atoms with van der Waals surface area (Å²) in [5.74, 6) is -1.69. The summed E-state index contributed by atoms with van der Waals surface area (Å²) in [5.41, 5.74) is -1.78. The number of nitrogens with zero attached hydrogens (tertiary/aromatic N) is 1. The Hall–Kier alpha value is -3.10. The lowest BCUT2D eigenvalue weighted by Crippen LogP contribution is -2.34. The Balaban J connectivity index is 2.11. The molecule has 2 aromatic rings. The first-order valence-electron chi connectivity index (χ1n) is 6.65. The zero-order chi connectivity index (χ0) is 17.0. The third-order valence-electron chi connectivity index (χ3n) is 2.82.